The second-order valence-corrected chi connectivity index (χ2v) is 7.80. The Morgan fingerprint density at radius 3 is 3.00 bits per heavy atom. The fraction of sp³-hybridized carbons (Fsp3) is 0.565. The van der Waals surface area contributed by atoms with Crippen molar-refractivity contribution in [2.45, 2.75) is 52.2 Å². The van der Waals surface area contributed by atoms with E-state index < -0.39 is 0 Å². The fourth-order valence-corrected chi connectivity index (χ4v) is 3.49. The lowest BCUT2D eigenvalue weighted by Gasteiger charge is -2.15. The van der Waals surface area contributed by atoms with E-state index >= 15 is 0 Å². The van der Waals surface area contributed by atoms with Gasteiger partial charge < -0.3 is 20.1 Å². The molecule has 1 saturated heterocycles. The Morgan fingerprint density at radius 1 is 1.37 bits per heavy atom. The van der Waals surface area contributed by atoms with Crippen LogP contribution in [0.25, 0.3) is 0 Å². The summed E-state index contributed by atoms with van der Waals surface area (Å²) in [6, 6.07) is 6.31. The van der Waals surface area contributed by atoms with Crippen LogP contribution >= 0.6 is 0 Å². The monoisotopic (exact) mass is 413 g/mol. The van der Waals surface area contributed by atoms with Crippen molar-refractivity contribution >= 4 is 5.96 Å². The van der Waals surface area contributed by atoms with Crippen molar-refractivity contribution in [1.29, 1.82) is 0 Å². The quantitative estimate of drug-likeness (QED) is 0.356. The summed E-state index contributed by atoms with van der Waals surface area (Å²) in [7, 11) is 1.95. The molecule has 7 nitrogen and oxygen atoms in total. The highest BCUT2D eigenvalue weighted by Gasteiger charge is 2.17. The van der Waals surface area contributed by atoms with Crippen molar-refractivity contribution in [3.63, 3.8) is 0 Å². The van der Waals surface area contributed by atoms with Gasteiger partial charge in [0, 0.05) is 38.5 Å². The molecule has 0 saturated carbocycles. The summed E-state index contributed by atoms with van der Waals surface area (Å²) < 4.78 is 13.6. The molecule has 1 fully saturated rings. The van der Waals surface area contributed by atoms with Gasteiger partial charge in [0.1, 0.15) is 12.4 Å². The van der Waals surface area contributed by atoms with Gasteiger partial charge in [0.05, 0.1) is 18.8 Å². The topological polar surface area (TPSA) is 72.7 Å². The maximum atomic E-state index is 6.10. The summed E-state index contributed by atoms with van der Waals surface area (Å²) in [4.78, 5) is 4.77. The Morgan fingerprint density at radius 2 is 2.27 bits per heavy atom. The Hall–Kier alpha value is -2.54. The lowest BCUT2D eigenvalue weighted by molar-refractivity contribution is 0.0676. The van der Waals surface area contributed by atoms with E-state index in [0.717, 1.165) is 62.7 Å². The molecular formula is C23H35N5O2. The third kappa shape index (κ3) is 7.06. The molecule has 0 aliphatic carbocycles. The van der Waals surface area contributed by atoms with E-state index in [4.69, 9.17) is 14.5 Å². The molecule has 1 aliphatic rings. The molecule has 2 N–H and O–H groups in total. The van der Waals surface area contributed by atoms with Crippen molar-refractivity contribution in [3.05, 3.63) is 47.3 Å². The van der Waals surface area contributed by atoms with Gasteiger partial charge >= 0.3 is 0 Å². The average molecular weight is 414 g/mol. The second-order valence-electron chi connectivity index (χ2n) is 7.80. The van der Waals surface area contributed by atoms with E-state index in [1.54, 1.807) is 0 Å². The molecule has 30 heavy (non-hydrogen) atoms. The highest BCUT2D eigenvalue weighted by atomic mass is 16.5. The van der Waals surface area contributed by atoms with Crippen LogP contribution in [-0.4, -0.2) is 48.1 Å². The number of nitrogens with zero attached hydrogens (tertiary/aromatic N) is 3. The molecule has 0 spiro atoms. The summed E-state index contributed by atoms with van der Waals surface area (Å²) in [6.45, 7) is 7.86. The third-order valence-corrected chi connectivity index (χ3v) is 5.12. The first kappa shape index (κ1) is 22.2. The van der Waals surface area contributed by atoms with Crippen molar-refractivity contribution in [1.82, 2.24) is 20.4 Å². The molecule has 2 heterocycles. The fourth-order valence-electron chi connectivity index (χ4n) is 3.49. The molecule has 0 bridgehead atoms. The summed E-state index contributed by atoms with van der Waals surface area (Å²) in [6.07, 6.45) is 8.42. The van der Waals surface area contributed by atoms with Gasteiger partial charge in [-0.25, -0.2) is 4.99 Å². The Labute approximate surface area is 179 Å². The van der Waals surface area contributed by atoms with Gasteiger partial charge in [-0.2, -0.15) is 5.10 Å². The molecule has 1 atom stereocenters. The zero-order valence-corrected chi connectivity index (χ0v) is 18.5. The summed E-state index contributed by atoms with van der Waals surface area (Å²) >= 11 is 0. The number of ether oxygens (including phenoxy) is 2. The predicted molar refractivity (Wildman–Crippen MR) is 120 cm³/mol. The normalized spacial score (nSPS) is 16.6. The maximum absolute atomic E-state index is 6.10. The van der Waals surface area contributed by atoms with Gasteiger partial charge in [-0.1, -0.05) is 12.1 Å². The highest BCUT2D eigenvalue weighted by Crippen LogP contribution is 2.23. The number of benzene rings is 1. The average Bonchev–Trinajstić information content (AvgIpc) is 3.40. The standard InChI is InChI=1S/C23H35N5O2/c1-4-24-23(25-11-5-7-19-14-27-28(3)16-19)26-15-20-10-9-18(2)13-22(20)30-17-21-8-6-12-29-21/h9-10,13-14,16,21H,4-8,11-12,15,17H2,1-3H3,(H2,24,25,26). The predicted octanol–water partition coefficient (Wildman–Crippen LogP) is 2.97. The zero-order valence-electron chi connectivity index (χ0n) is 18.5. The molecule has 1 aromatic carbocycles. The lowest BCUT2D eigenvalue weighted by Crippen LogP contribution is -2.37. The second kappa shape index (κ2) is 11.6. The van der Waals surface area contributed by atoms with Gasteiger partial charge in [-0.05, 0) is 56.7 Å². The van der Waals surface area contributed by atoms with Crippen LogP contribution in [-0.2, 0) is 24.8 Å². The minimum absolute atomic E-state index is 0.209. The van der Waals surface area contributed by atoms with Crippen LogP contribution in [0.5, 0.6) is 5.75 Å². The van der Waals surface area contributed by atoms with Crippen LogP contribution in [0.4, 0.5) is 0 Å². The summed E-state index contributed by atoms with van der Waals surface area (Å²) in [5.74, 6) is 1.73. The first-order valence-corrected chi connectivity index (χ1v) is 11.0. The zero-order chi connectivity index (χ0) is 21.2. The van der Waals surface area contributed by atoms with Crippen molar-refractivity contribution < 1.29 is 9.47 Å². The summed E-state index contributed by atoms with van der Waals surface area (Å²) in [5, 5.41) is 11.0. The lowest BCUT2D eigenvalue weighted by atomic mass is 10.1. The van der Waals surface area contributed by atoms with E-state index in [2.05, 4.69) is 54.0 Å². The molecule has 2 aromatic rings. The van der Waals surface area contributed by atoms with Crippen molar-refractivity contribution in [2.75, 3.05) is 26.3 Å². The Bertz CT molecular complexity index is 812. The third-order valence-electron chi connectivity index (χ3n) is 5.12. The molecule has 3 rings (SSSR count). The molecule has 164 valence electrons. The molecular weight excluding hydrogens is 378 g/mol. The first-order valence-electron chi connectivity index (χ1n) is 11.0. The van der Waals surface area contributed by atoms with Gasteiger partial charge in [-0.3, -0.25) is 4.68 Å². The van der Waals surface area contributed by atoms with Crippen LogP contribution < -0.4 is 15.4 Å². The minimum Gasteiger partial charge on any atom is -0.491 e. The number of aliphatic imine (C=N–C) groups is 1. The van der Waals surface area contributed by atoms with E-state index in [0.29, 0.717) is 13.2 Å². The van der Waals surface area contributed by atoms with Crippen LogP contribution in [0, 0.1) is 6.92 Å². The molecule has 1 aromatic heterocycles. The maximum Gasteiger partial charge on any atom is 0.191 e. The number of aromatic nitrogens is 2. The Kier molecular flexibility index (Phi) is 8.56. The molecule has 7 heteroatoms. The SMILES string of the molecule is CCNC(=NCc1ccc(C)cc1OCC1CCCO1)NCCCc1cnn(C)c1. The van der Waals surface area contributed by atoms with Gasteiger partial charge in [-0.15, -0.1) is 0 Å². The number of rotatable bonds is 10. The molecule has 1 aliphatic heterocycles. The minimum atomic E-state index is 0.209. The summed E-state index contributed by atoms with van der Waals surface area (Å²) in [5.41, 5.74) is 3.53. The van der Waals surface area contributed by atoms with Gasteiger partial charge in [0.15, 0.2) is 5.96 Å². The molecule has 0 radical (unpaired) electrons. The first-order chi connectivity index (χ1) is 14.6. The van der Waals surface area contributed by atoms with E-state index in [1.807, 2.05) is 17.9 Å². The number of guanidine groups is 1. The van der Waals surface area contributed by atoms with Crippen LogP contribution in [0.2, 0.25) is 0 Å². The van der Waals surface area contributed by atoms with Crippen LogP contribution in [0.1, 0.15) is 42.9 Å². The number of aryl methyl sites for hydroxylation is 3. The Balaban J connectivity index is 1.53. The highest BCUT2D eigenvalue weighted by molar-refractivity contribution is 5.79. The van der Waals surface area contributed by atoms with Crippen LogP contribution in [0.15, 0.2) is 35.6 Å². The van der Waals surface area contributed by atoms with E-state index in [1.165, 1.54) is 11.1 Å². The van der Waals surface area contributed by atoms with E-state index in [-0.39, 0.29) is 6.10 Å². The molecule has 0 amide bonds. The smallest absolute Gasteiger partial charge is 0.191 e. The molecule has 1 unspecified atom stereocenters. The largest absolute Gasteiger partial charge is 0.491 e. The van der Waals surface area contributed by atoms with Crippen LogP contribution in [0.3, 0.4) is 0 Å². The van der Waals surface area contributed by atoms with E-state index in [9.17, 15) is 0 Å². The number of nitrogens with one attached hydrogen (secondary N) is 2. The number of hydrogen-bond donors (Lipinski definition) is 2. The van der Waals surface area contributed by atoms with Crippen molar-refractivity contribution in [2.24, 2.45) is 12.0 Å². The van der Waals surface area contributed by atoms with Crippen molar-refractivity contribution in [3.8, 4) is 5.75 Å². The van der Waals surface area contributed by atoms with Gasteiger partial charge in [0.2, 0.25) is 0 Å². The van der Waals surface area contributed by atoms with Gasteiger partial charge in [0.25, 0.3) is 0 Å². The number of hydrogen-bond acceptors (Lipinski definition) is 4.